The van der Waals surface area contributed by atoms with Crippen LogP contribution in [0.15, 0.2) is 0 Å². The molecule has 11 heavy (non-hydrogen) atoms. The number of carbonyl (C=O) groups is 1. The van der Waals surface area contributed by atoms with Gasteiger partial charge in [-0.05, 0) is 31.6 Å². The lowest BCUT2D eigenvalue weighted by molar-refractivity contribution is -0.150. The minimum Gasteiger partial charge on any atom is -0.481 e. The Labute approximate surface area is 66.6 Å². The molecule has 0 radical (unpaired) electrons. The van der Waals surface area contributed by atoms with E-state index in [4.69, 9.17) is 5.11 Å². The fourth-order valence-corrected chi connectivity index (χ4v) is 2.74. The average Bonchev–Trinajstić information content (AvgIpc) is 2.29. The Morgan fingerprint density at radius 2 is 2.18 bits per heavy atom. The third kappa shape index (κ3) is 0.959. The zero-order chi connectivity index (χ0) is 7.90. The van der Waals surface area contributed by atoms with E-state index < -0.39 is 5.97 Å². The van der Waals surface area contributed by atoms with Gasteiger partial charge in [-0.2, -0.15) is 0 Å². The van der Waals surface area contributed by atoms with Crippen molar-refractivity contribution < 1.29 is 9.90 Å². The van der Waals surface area contributed by atoms with E-state index in [2.05, 4.69) is 0 Å². The number of carboxylic acids is 1. The lowest BCUT2D eigenvalue weighted by atomic mass is 9.76. The lowest BCUT2D eigenvalue weighted by Gasteiger charge is -2.28. The van der Waals surface area contributed by atoms with Crippen LogP contribution in [-0.4, -0.2) is 11.1 Å². The van der Waals surface area contributed by atoms with Crippen LogP contribution in [0.4, 0.5) is 0 Å². The van der Waals surface area contributed by atoms with E-state index in [1.807, 2.05) is 0 Å². The van der Waals surface area contributed by atoms with Crippen molar-refractivity contribution in [2.45, 2.75) is 38.5 Å². The summed E-state index contributed by atoms with van der Waals surface area (Å²) in [6.45, 7) is 0. The SMILES string of the molecule is O=C(O)C12CCCC(CC1)C2. The number of carboxylic acid groups (broad SMARTS) is 1. The van der Waals surface area contributed by atoms with Gasteiger partial charge in [-0.15, -0.1) is 0 Å². The first-order valence-corrected chi connectivity index (χ1v) is 4.46. The molecule has 2 fully saturated rings. The molecule has 0 amide bonds. The Balaban J connectivity index is 2.19. The highest BCUT2D eigenvalue weighted by atomic mass is 16.4. The highest BCUT2D eigenvalue weighted by Gasteiger charge is 2.47. The second-order valence-corrected chi connectivity index (χ2v) is 4.09. The van der Waals surface area contributed by atoms with Crippen molar-refractivity contribution in [3.05, 3.63) is 0 Å². The molecular formula is C9H14O2. The van der Waals surface area contributed by atoms with Crippen molar-refractivity contribution in [2.24, 2.45) is 11.3 Å². The Morgan fingerprint density at radius 1 is 1.36 bits per heavy atom. The van der Waals surface area contributed by atoms with E-state index in [1.54, 1.807) is 0 Å². The largest absolute Gasteiger partial charge is 0.481 e. The molecule has 2 unspecified atom stereocenters. The van der Waals surface area contributed by atoms with Crippen molar-refractivity contribution in [3.63, 3.8) is 0 Å². The van der Waals surface area contributed by atoms with Gasteiger partial charge in [0.05, 0.1) is 5.41 Å². The van der Waals surface area contributed by atoms with Crippen LogP contribution >= 0.6 is 0 Å². The molecule has 0 aromatic rings. The summed E-state index contributed by atoms with van der Waals surface area (Å²) < 4.78 is 0. The van der Waals surface area contributed by atoms with Crippen LogP contribution in [0.5, 0.6) is 0 Å². The second-order valence-electron chi connectivity index (χ2n) is 4.09. The van der Waals surface area contributed by atoms with Crippen molar-refractivity contribution >= 4 is 5.97 Å². The van der Waals surface area contributed by atoms with Gasteiger partial charge < -0.3 is 5.11 Å². The molecule has 0 aromatic carbocycles. The Bertz CT molecular complexity index is 184. The molecular weight excluding hydrogens is 140 g/mol. The Hall–Kier alpha value is -0.530. The minimum absolute atomic E-state index is 0.289. The van der Waals surface area contributed by atoms with Crippen molar-refractivity contribution in [3.8, 4) is 0 Å². The first-order valence-electron chi connectivity index (χ1n) is 4.46. The standard InChI is InChI=1S/C9H14O2/c10-8(11)9-4-1-2-7(6-9)3-5-9/h7H,1-6H2,(H,10,11). The Morgan fingerprint density at radius 3 is 2.82 bits per heavy atom. The molecule has 2 aliphatic carbocycles. The van der Waals surface area contributed by atoms with Gasteiger partial charge in [0, 0.05) is 0 Å². The van der Waals surface area contributed by atoms with Gasteiger partial charge in [0.25, 0.3) is 0 Å². The molecule has 2 aliphatic rings. The summed E-state index contributed by atoms with van der Waals surface area (Å²) in [4.78, 5) is 10.9. The predicted octanol–water partition coefficient (Wildman–Crippen LogP) is 2.04. The fraction of sp³-hybridized carbons (Fsp3) is 0.889. The topological polar surface area (TPSA) is 37.3 Å². The summed E-state index contributed by atoms with van der Waals surface area (Å²) in [5.74, 6) is 0.194. The van der Waals surface area contributed by atoms with Gasteiger partial charge in [0.15, 0.2) is 0 Å². The van der Waals surface area contributed by atoms with Gasteiger partial charge >= 0.3 is 5.97 Å². The number of hydrogen-bond acceptors (Lipinski definition) is 1. The zero-order valence-electron chi connectivity index (χ0n) is 6.68. The maximum absolute atomic E-state index is 10.9. The van der Waals surface area contributed by atoms with E-state index in [1.165, 1.54) is 6.42 Å². The molecule has 2 nitrogen and oxygen atoms in total. The molecule has 2 saturated carbocycles. The van der Waals surface area contributed by atoms with Crippen LogP contribution < -0.4 is 0 Å². The summed E-state index contributed by atoms with van der Waals surface area (Å²) in [5, 5.41) is 9.02. The lowest BCUT2D eigenvalue weighted by Crippen LogP contribution is -2.30. The minimum atomic E-state index is -0.542. The molecule has 2 bridgehead atoms. The molecule has 2 heteroatoms. The maximum Gasteiger partial charge on any atom is 0.309 e. The third-order valence-corrected chi connectivity index (χ3v) is 3.43. The van der Waals surface area contributed by atoms with Gasteiger partial charge in [-0.1, -0.05) is 12.8 Å². The van der Waals surface area contributed by atoms with E-state index in [-0.39, 0.29) is 5.41 Å². The van der Waals surface area contributed by atoms with Crippen molar-refractivity contribution in [2.75, 3.05) is 0 Å². The smallest absolute Gasteiger partial charge is 0.309 e. The van der Waals surface area contributed by atoms with Crippen LogP contribution in [0, 0.1) is 11.3 Å². The van der Waals surface area contributed by atoms with Crippen molar-refractivity contribution in [1.29, 1.82) is 0 Å². The Kier molecular flexibility index (Phi) is 1.44. The quantitative estimate of drug-likeness (QED) is 0.627. The van der Waals surface area contributed by atoms with Crippen LogP contribution in [0.1, 0.15) is 38.5 Å². The highest BCUT2D eigenvalue weighted by Crippen LogP contribution is 2.51. The van der Waals surface area contributed by atoms with E-state index in [0.717, 1.165) is 38.0 Å². The highest BCUT2D eigenvalue weighted by molar-refractivity contribution is 5.75. The number of fused-ring (bicyclic) bond motifs is 2. The van der Waals surface area contributed by atoms with Gasteiger partial charge in [-0.25, -0.2) is 0 Å². The van der Waals surface area contributed by atoms with Gasteiger partial charge in [0.2, 0.25) is 0 Å². The molecule has 2 atom stereocenters. The van der Waals surface area contributed by atoms with Crippen LogP contribution in [0.25, 0.3) is 0 Å². The molecule has 1 N–H and O–H groups in total. The van der Waals surface area contributed by atoms with Crippen LogP contribution in [0.2, 0.25) is 0 Å². The predicted molar refractivity (Wildman–Crippen MR) is 41.3 cm³/mol. The average molecular weight is 154 g/mol. The number of aliphatic carboxylic acids is 1. The normalized spacial score (nSPS) is 42.4. The summed E-state index contributed by atoms with van der Waals surface area (Å²) in [7, 11) is 0. The third-order valence-electron chi connectivity index (χ3n) is 3.43. The summed E-state index contributed by atoms with van der Waals surface area (Å²) in [6.07, 6.45) is 6.40. The molecule has 0 spiro atoms. The number of rotatable bonds is 1. The number of hydrogen-bond donors (Lipinski definition) is 1. The molecule has 0 heterocycles. The fourth-order valence-electron chi connectivity index (χ4n) is 2.74. The first kappa shape index (κ1) is 7.14. The monoisotopic (exact) mass is 154 g/mol. The molecule has 0 saturated heterocycles. The molecule has 2 rings (SSSR count). The summed E-state index contributed by atoms with van der Waals surface area (Å²) >= 11 is 0. The van der Waals surface area contributed by atoms with E-state index in [9.17, 15) is 4.79 Å². The van der Waals surface area contributed by atoms with Gasteiger partial charge in [0.1, 0.15) is 0 Å². The summed E-state index contributed by atoms with van der Waals surface area (Å²) in [6, 6.07) is 0. The molecule has 0 aromatic heterocycles. The van der Waals surface area contributed by atoms with Crippen LogP contribution in [-0.2, 0) is 4.79 Å². The van der Waals surface area contributed by atoms with E-state index in [0.29, 0.717) is 0 Å². The molecule has 0 aliphatic heterocycles. The van der Waals surface area contributed by atoms with Crippen LogP contribution in [0.3, 0.4) is 0 Å². The summed E-state index contributed by atoms with van der Waals surface area (Å²) in [5.41, 5.74) is -0.289. The zero-order valence-corrected chi connectivity index (χ0v) is 6.68. The second kappa shape index (κ2) is 2.23. The first-order chi connectivity index (χ1) is 5.23. The maximum atomic E-state index is 10.9. The van der Waals surface area contributed by atoms with Crippen molar-refractivity contribution in [1.82, 2.24) is 0 Å². The molecule has 62 valence electrons. The van der Waals surface area contributed by atoms with E-state index >= 15 is 0 Å². The van der Waals surface area contributed by atoms with Gasteiger partial charge in [-0.3, -0.25) is 4.79 Å².